The first kappa shape index (κ1) is 15.4. The summed E-state index contributed by atoms with van der Waals surface area (Å²) in [6.45, 7) is 2.23. The van der Waals surface area contributed by atoms with E-state index in [1.807, 2.05) is 0 Å². The molecule has 1 saturated carbocycles. The van der Waals surface area contributed by atoms with Crippen LogP contribution in [0.1, 0.15) is 19.8 Å². The number of ether oxygens (including phenoxy) is 1. The topological polar surface area (TPSA) is 58.6 Å². The van der Waals surface area contributed by atoms with Crippen LogP contribution < -0.4 is 10.1 Å². The highest BCUT2D eigenvalue weighted by molar-refractivity contribution is 6.35. The molecule has 2 N–H and O–H groups in total. The van der Waals surface area contributed by atoms with Crippen molar-refractivity contribution < 1.29 is 14.6 Å². The van der Waals surface area contributed by atoms with Crippen molar-refractivity contribution in [2.75, 3.05) is 6.54 Å². The van der Waals surface area contributed by atoms with Crippen LogP contribution >= 0.6 is 23.2 Å². The minimum atomic E-state index is -0.640. The maximum absolute atomic E-state index is 11.9. The van der Waals surface area contributed by atoms with Gasteiger partial charge in [-0.15, -0.1) is 0 Å². The van der Waals surface area contributed by atoms with Crippen LogP contribution in [0.25, 0.3) is 0 Å². The van der Waals surface area contributed by atoms with Crippen molar-refractivity contribution in [1.29, 1.82) is 0 Å². The molecule has 1 aliphatic carbocycles. The van der Waals surface area contributed by atoms with Crippen LogP contribution in [0.15, 0.2) is 18.2 Å². The van der Waals surface area contributed by atoms with Gasteiger partial charge in [0, 0.05) is 11.6 Å². The highest BCUT2D eigenvalue weighted by Gasteiger charge is 2.28. The summed E-state index contributed by atoms with van der Waals surface area (Å²) in [5.74, 6) is 0.593. The second-order valence-corrected chi connectivity index (χ2v) is 5.91. The number of halogens is 2. The average Bonchev–Trinajstić information content (AvgIpc) is 2.36. The van der Waals surface area contributed by atoms with Crippen molar-refractivity contribution in [3.8, 4) is 5.75 Å². The van der Waals surface area contributed by atoms with Gasteiger partial charge in [0.1, 0.15) is 5.75 Å². The van der Waals surface area contributed by atoms with E-state index in [1.165, 1.54) is 0 Å². The largest absolute Gasteiger partial charge is 0.479 e. The number of carbonyl (C=O) groups excluding carboxylic acids is 1. The average molecular weight is 318 g/mol. The summed E-state index contributed by atoms with van der Waals surface area (Å²) in [6.07, 6.45) is 0.647. The number of amides is 1. The van der Waals surface area contributed by atoms with Crippen LogP contribution in [0, 0.1) is 5.92 Å². The molecule has 1 fully saturated rings. The highest BCUT2D eigenvalue weighted by Crippen LogP contribution is 2.28. The molecule has 0 aromatic heterocycles. The van der Waals surface area contributed by atoms with E-state index in [9.17, 15) is 9.90 Å². The minimum Gasteiger partial charge on any atom is -0.479 e. The number of nitrogens with one attached hydrogen (secondary N) is 1. The first-order chi connectivity index (χ1) is 9.45. The monoisotopic (exact) mass is 317 g/mol. The van der Waals surface area contributed by atoms with E-state index in [2.05, 4.69) is 5.32 Å². The fourth-order valence-electron chi connectivity index (χ4n) is 2.07. The normalized spacial score (nSPS) is 22.8. The number of aliphatic hydroxyl groups excluding tert-OH is 1. The summed E-state index contributed by atoms with van der Waals surface area (Å²) in [5, 5.41) is 12.9. The standard InChI is InChI=1S/C14H17Cl2NO3/c1-8(14(19)17-7-9-4-11(18)5-9)20-13-3-2-10(15)6-12(13)16/h2-3,6,8-9,11,18H,4-5,7H2,1H3,(H,17,19). The number of hydrogen-bond donors (Lipinski definition) is 2. The summed E-state index contributed by atoms with van der Waals surface area (Å²) in [5.41, 5.74) is 0. The number of hydrogen-bond acceptors (Lipinski definition) is 3. The molecule has 0 spiro atoms. The fourth-order valence-corrected chi connectivity index (χ4v) is 2.52. The van der Waals surface area contributed by atoms with Crippen molar-refractivity contribution in [2.45, 2.75) is 32.0 Å². The van der Waals surface area contributed by atoms with Gasteiger partial charge >= 0.3 is 0 Å². The van der Waals surface area contributed by atoms with Crippen molar-refractivity contribution in [2.24, 2.45) is 5.92 Å². The number of aliphatic hydroxyl groups is 1. The van der Waals surface area contributed by atoms with Gasteiger partial charge in [-0.3, -0.25) is 4.79 Å². The van der Waals surface area contributed by atoms with Gasteiger partial charge in [-0.1, -0.05) is 23.2 Å². The molecule has 6 heteroatoms. The summed E-state index contributed by atoms with van der Waals surface area (Å²) >= 11 is 11.8. The van der Waals surface area contributed by atoms with Crippen LogP contribution in [0.2, 0.25) is 10.0 Å². The van der Waals surface area contributed by atoms with Crippen molar-refractivity contribution in [3.05, 3.63) is 28.2 Å². The maximum atomic E-state index is 11.9. The first-order valence-electron chi connectivity index (χ1n) is 6.53. The molecule has 1 aromatic rings. The van der Waals surface area contributed by atoms with E-state index in [0.29, 0.717) is 28.3 Å². The lowest BCUT2D eigenvalue weighted by atomic mass is 9.82. The van der Waals surface area contributed by atoms with E-state index in [-0.39, 0.29) is 12.0 Å². The molecule has 0 radical (unpaired) electrons. The lowest BCUT2D eigenvalue weighted by Gasteiger charge is -2.31. The van der Waals surface area contributed by atoms with E-state index in [4.69, 9.17) is 27.9 Å². The number of benzene rings is 1. The Labute approximate surface area is 128 Å². The predicted molar refractivity (Wildman–Crippen MR) is 78.3 cm³/mol. The Morgan fingerprint density at radius 1 is 1.50 bits per heavy atom. The molecule has 0 aliphatic heterocycles. The molecule has 4 nitrogen and oxygen atoms in total. The van der Waals surface area contributed by atoms with Gasteiger partial charge in [0.15, 0.2) is 6.10 Å². The van der Waals surface area contributed by atoms with Gasteiger partial charge in [-0.05, 0) is 43.9 Å². The SMILES string of the molecule is CC(Oc1ccc(Cl)cc1Cl)C(=O)NCC1CC(O)C1. The molecule has 0 heterocycles. The lowest BCUT2D eigenvalue weighted by molar-refractivity contribution is -0.127. The smallest absolute Gasteiger partial charge is 0.260 e. The number of carbonyl (C=O) groups is 1. The zero-order valence-electron chi connectivity index (χ0n) is 11.1. The number of rotatable bonds is 5. The van der Waals surface area contributed by atoms with E-state index < -0.39 is 6.10 Å². The molecule has 2 rings (SSSR count). The van der Waals surface area contributed by atoms with Gasteiger partial charge in [0.25, 0.3) is 5.91 Å². The lowest BCUT2D eigenvalue weighted by Crippen LogP contribution is -2.42. The quantitative estimate of drug-likeness (QED) is 0.877. The Morgan fingerprint density at radius 2 is 2.20 bits per heavy atom. The molecule has 0 bridgehead atoms. The van der Waals surface area contributed by atoms with E-state index >= 15 is 0 Å². The highest BCUT2D eigenvalue weighted by atomic mass is 35.5. The van der Waals surface area contributed by atoms with Crippen LogP contribution in [-0.4, -0.2) is 29.8 Å². The first-order valence-corrected chi connectivity index (χ1v) is 7.28. The summed E-state index contributed by atoms with van der Waals surface area (Å²) in [4.78, 5) is 11.9. The van der Waals surface area contributed by atoms with Crippen LogP contribution in [0.3, 0.4) is 0 Å². The molecule has 1 atom stereocenters. The summed E-state index contributed by atoms with van der Waals surface area (Å²) < 4.78 is 5.51. The Bertz CT molecular complexity index is 489. The Hall–Kier alpha value is -0.970. The fraction of sp³-hybridized carbons (Fsp3) is 0.500. The molecular formula is C14H17Cl2NO3. The second kappa shape index (κ2) is 6.66. The Balaban J connectivity index is 1.81. The van der Waals surface area contributed by atoms with Gasteiger partial charge in [0.2, 0.25) is 0 Å². The summed E-state index contributed by atoms with van der Waals surface area (Å²) in [7, 11) is 0. The molecule has 0 saturated heterocycles. The zero-order chi connectivity index (χ0) is 14.7. The van der Waals surface area contributed by atoms with Gasteiger partial charge in [-0.25, -0.2) is 0 Å². The van der Waals surface area contributed by atoms with Crippen molar-refractivity contribution in [1.82, 2.24) is 5.32 Å². The predicted octanol–water partition coefficient (Wildman–Crippen LogP) is 2.65. The van der Waals surface area contributed by atoms with Gasteiger partial charge in [0.05, 0.1) is 11.1 Å². The molecule has 1 aliphatic rings. The van der Waals surface area contributed by atoms with E-state index in [0.717, 1.165) is 12.8 Å². The maximum Gasteiger partial charge on any atom is 0.260 e. The minimum absolute atomic E-state index is 0.197. The van der Waals surface area contributed by atoms with Crippen molar-refractivity contribution in [3.63, 3.8) is 0 Å². The van der Waals surface area contributed by atoms with Crippen molar-refractivity contribution >= 4 is 29.1 Å². The Kier molecular flexibility index (Phi) is 5.13. The molecular weight excluding hydrogens is 301 g/mol. The van der Waals surface area contributed by atoms with Crippen LogP contribution in [-0.2, 0) is 4.79 Å². The summed E-state index contributed by atoms with van der Waals surface area (Å²) in [6, 6.07) is 4.86. The van der Waals surface area contributed by atoms with Crippen LogP contribution in [0.4, 0.5) is 0 Å². The van der Waals surface area contributed by atoms with Crippen LogP contribution in [0.5, 0.6) is 5.75 Å². The third-order valence-electron chi connectivity index (χ3n) is 3.34. The molecule has 1 amide bonds. The third-order valence-corrected chi connectivity index (χ3v) is 3.87. The van der Waals surface area contributed by atoms with Gasteiger partial charge < -0.3 is 15.2 Å². The van der Waals surface area contributed by atoms with E-state index in [1.54, 1.807) is 25.1 Å². The molecule has 20 heavy (non-hydrogen) atoms. The molecule has 1 aromatic carbocycles. The third kappa shape index (κ3) is 4.01. The molecule has 1 unspecified atom stereocenters. The second-order valence-electron chi connectivity index (χ2n) is 5.07. The molecule has 110 valence electrons. The Morgan fingerprint density at radius 3 is 2.80 bits per heavy atom. The van der Waals surface area contributed by atoms with Gasteiger partial charge in [-0.2, -0.15) is 0 Å². The zero-order valence-corrected chi connectivity index (χ0v) is 12.6.